The molecule has 4 nitrogen and oxygen atoms in total. The summed E-state index contributed by atoms with van der Waals surface area (Å²) in [5.74, 6) is 0.843. The Morgan fingerprint density at radius 2 is 2.31 bits per heavy atom. The molecule has 0 aliphatic rings. The summed E-state index contributed by atoms with van der Waals surface area (Å²) >= 11 is 5.12. The van der Waals surface area contributed by atoms with Crippen LogP contribution in [-0.4, -0.2) is 10.1 Å². The van der Waals surface area contributed by atoms with Crippen molar-refractivity contribution >= 4 is 23.0 Å². The van der Waals surface area contributed by atoms with Crippen molar-refractivity contribution in [1.29, 1.82) is 0 Å². The van der Waals surface area contributed by atoms with Crippen molar-refractivity contribution in [3.8, 4) is 0 Å². The van der Waals surface area contributed by atoms with Gasteiger partial charge in [0.05, 0.1) is 24.7 Å². The minimum atomic E-state index is 0.546. The first-order chi connectivity index (χ1) is 7.84. The molecular formula is C11H11N3OS. The summed E-state index contributed by atoms with van der Waals surface area (Å²) in [4.78, 5) is 3.98. The topological polar surface area (TPSA) is 50.1 Å². The average molecular weight is 233 g/mol. The van der Waals surface area contributed by atoms with Crippen molar-refractivity contribution in [3.05, 3.63) is 48.7 Å². The normalized spacial score (nSPS) is 9.75. The maximum Gasteiger partial charge on any atom is 0.171 e. The highest BCUT2D eigenvalue weighted by Gasteiger charge is 1.98. The van der Waals surface area contributed by atoms with E-state index in [1.165, 1.54) is 0 Å². The fraction of sp³-hybridized carbons (Fsp3) is 0.0909. The molecule has 0 saturated carbocycles. The molecule has 16 heavy (non-hydrogen) atoms. The van der Waals surface area contributed by atoms with Crippen LogP contribution in [0.2, 0.25) is 0 Å². The lowest BCUT2D eigenvalue weighted by atomic mass is 10.4. The van der Waals surface area contributed by atoms with Crippen LogP contribution in [0.4, 0.5) is 5.69 Å². The van der Waals surface area contributed by atoms with Gasteiger partial charge in [-0.05, 0) is 36.5 Å². The van der Waals surface area contributed by atoms with Crippen molar-refractivity contribution in [3.63, 3.8) is 0 Å². The molecule has 2 aromatic rings. The Balaban J connectivity index is 1.81. The zero-order valence-electron chi connectivity index (χ0n) is 8.51. The van der Waals surface area contributed by atoms with E-state index >= 15 is 0 Å². The van der Waals surface area contributed by atoms with E-state index in [0.29, 0.717) is 11.7 Å². The summed E-state index contributed by atoms with van der Waals surface area (Å²) in [5.41, 5.74) is 0.861. The monoisotopic (exact) mass is 233 g/mol. The molecular weight excluding hydrogens is 222 g/mol. The van der Waals surface area contributed by atoms with Gasteiger partial charge in [-0.25, -0.2) is 0 Å². The van der Waals surface area contributed by atoms with Crippen molar-refractivity contribution < 1.29 is 4.42 Å². The third-order valence-corrected chi connectivity index (χ3v) is 2.17. The van der Waals surface area contributed by atoms with Crippen LogP contribution in [0.15, 0.2) is 47.3 Å². The van der Waals surface area contributed by atoms with Crippen molar-refractivity contribution in [2.75, 3.05) is 5.32 Å². The van der Waals surface area contributed by atoms with Crippen molar-refractivity contribution in [2.24, 2.45) is 0 Å². The van der Waals surface area contributed by atoms with Gasteiger partial charge in [-0.1, -0.05) is 0 Å². The van der Waals surface area contributed by atoms with E-state index in [2.05, 4.69) is 15.6 Å². The number of aromatic nitrogens is 1. The van der Waals surface area contributed by atoms with Crippen LogP contribution >= 0.6 is 12.2 Å². The average Bonchev–Trinajstić information content (AvgIpc) is 2.81. The molecule has 2 rings (SSSR count). The molecule has 82 valence electrons. The molecule has 0 aliphatic heterocycles. The summed E-state index contributed by atoms with van der Waals surface area (Å²) in [6, 6.07) is 7.47. The van der Waals surface area contributed by atoms with Gasteiger partial charge in [-0.15, -0.1) is 0 Å². The molecule has 2 aromatic heterocycles. The lowest BCUT2D eigenvalue weighted by Gasteiger charge is -2.08. The Bertz CT molecular complexity index is 442. The van der Waals surface area contributed by atoms with E-state index in [1.54, 1.807) is 18.7 Å². The van der Waals surface area contributed by atoms with E-state index < -0.39 is 0 Å². The molecule has 2 N–H and O–H groups in total. The van der Waals surface area contributed by atoms with Crippen molar-refractivity contribution in [1.82, 2.24) is 10.3 Å². The van der Waals surface area contributed by atoms with Crippen LogP contribution < -0.4 is 10.6 Å². The van der Waals surface area contributed by atoms with Crippen LogP contribution in [0.5, 0.6) is 0 Å². The summed E-state index contributed by atoms with van der Waals surface area (Å²) in [5, 5.41) is 6.60. The van der Waals surface area contributed by atoms with E-state index in [4.69, 9.17) is 16.6 Å². The fourth-order valence-electron chi connectivity index (χ4n) is 1.19. The van der Waals surface area contributed by atoms with Gasteiger partial charge in [0.25, 0.3) is 0 Å². The van der Waals surface area contributed by atoms with E-state index in [9.17, 15) is 0 Å². The Hall–Kier alpha value is -1.88. The van der Waals surface area contributed by atoms with Crippen LogP contribution in [-0.2, 0) is 6.54 Å². The van der Waals surface area contributed by atoms with Gasteiger partial charge in [-0.3, -0.25) is 4.98 Å². The van der Waals surface area contributed by atoms with Crippen LogP contribution in [0.25, 0.3) is 0 Å². The van der Waals surface area contributed by atoms with Gasteiger partial charge >= 0.3 is 0 Å². The maximum atomic E-state index is 5.17. The summed E-state index contributed by atoms with van der Waals surface area (Å²) in [6.07, 6.45) is 5.06. The first-order valence-corrected chi connectivity index (χ1v) is 5.23. The molecule has 0 bridgehead atoms. The Morgan fingerprint density at radius 3 is 3.00 bits per heavy atom. The third kappa shape index (κ3) is 3.06. The van der Waals surface area contributed by atoms with E-state index in [0.717, 1.165) is 11.4 Å². The number of rotatable bonds is 3. The van der Waals surface area contributed by atoms with Gasteiger partial charge in [0.1, 0.15) is 5.76 Å². The van der Waals surface area contributed by atoms with Gasteiger partial charge in [0.15, 0.2) is 5.11 Å². The number of anilines is 1. The second-order valence-electron chi connectivity index (χ2n) is 3.13. The van der Waals surface area contributed by atoms with Crippen LogP contribution in [0.3, 0.4) is 0 Å². The Labute approximate surface area is 98.7 Å². The molecule has 0 aromatic carbocycles. The highest BCUT2D eigenvalue weighted by Crippen LogP contribution is 2.03. The molecule has 2 heterocycles. The number of nitrogens with zero attached hydrogens (tertiary/aromatic N) is 1. The van der Waals surface area contributed by atoms with Crippen LogP contribution in [0.1, 0.15) is 5.76 Å². The molecule has 0 aliphatic carbocycles. The standard InChI is InChI=1S/C11H11N3OS/c16-11(13-8-10-4-2-6-15-10)14-9-3-1-5-12-7-9/h1-7H,8H2,(H2,13,14,16). The van der Waals surface area contributed by atoms with Gasteiger partial charge < -0.3 is 15.1 Å². The lowest BCUT2D eigenvalue weighted by Crippen LogP contribution is -2.27. The SMILES string of the molecule is S=C(NCc1ccco1)Nc1cccnc1. The van der Waals surface area contributed by atoms with Gasteiger partial charge in [-0.2, -0.15) is 0 Å². The predicted molar refractivity (Wildman–Crippen MR) is 66.0 cm³/mol. The van der Waals surface area contributed by atoms with E-state index in [1.807, 2.05) is 24.3 Å². The second-order valence-corrected chi connectivity index (χ2v) is 3.54. The molecule has 0 fully saturated rings. The fourth-order valence-corrected chi connectivity index (χ4v) is 1.38. The van der Waals surface area contributed by atoms with Crippen LogP contribution in [0, 0.1) is 0 Å². The molecule has 0 amide bonds. The van der Waals surface area contributed by atoms with Crippen molar-refractivity contribution in [2.45, 2.75) is 6.54 Å². The summed E-state index contributed by atoms with van der Waals surface area (Å²) in [7, 11) is 0. The highest BCUT2D eigenvalue weighted by atomic mass is 32.1. The summed E-state index contributed by atoms with van der Waals surface area (Å²) in [6.45, 7) is 0.569. The Morgan fingerprint density at radius 1 is 1.38 bits per heavy atom. The number of hydrogen-bond acceptors (Lipinski definition) is 3. The molecule has 0 unspecified atom stereocenters. The first kappa shape index (κ1) is 10.6. The quantitative estimate of drug-likeness (QED) is 0.796. The lowest BCUT2D eigenvalue weighted by molar-refractivity contribution is 0.503. The first-order valence-electron chi connectivity index (χ1n) is 4.82. The van der Waals surface area contributed by atoms with Gasteiger partial charge in [0.2, 0.25) is 0 Å². The highest BCUT2D eigenvalue weighted by molar-refractivity contribution is 7.80. The summed E-state index contributed by atoms with van der Waals surface area (Å²) < 4.78 is 5.17. The van der Waals surface area contributed by atoms with E-state index in [-0.39, 0.29) is 0 Å². The third-order valence-electron chi connectivity index (χ3n) is 1.92. The minimum absolute atomic E-state index is 0.546. The maximum absolute atomic E-state index is 5.17. The number of pyridine rings is 1. The zero-order valence-corrected chi connectivity index (χ0v) is 9.33. The molecule has 0 spiro atoms. The largest absolute Gasteiger partial charge is 0.467 e. The number of furan rings is 1. The molecule has 0 atom stereocenters. The number of nitrogens with one attached hydrogen (secondary N) is 2. The molecule has 0 radical (unpaired) electrons. The van der Waals surface area contributed by atoms with Gasteiger partial charge in [0, 0.05) is 6.20 Å². The number of hydrogen-bond donors (Lipinski definition) is 2. The minimum Gasteiger partial charge on any atom is -0.467 e. The predicted octanol–water partition coefficient (Wildman–Crippen LogP) is 2.16. The smallest absolute Gasteiger partial charge is 0.171 e. The second kappa shape index (κ2) is 5.27. The molecule has 5 heteroatoms. The Kier molecular flexibility index (Phi) is 3.50. The molecule has 0 saturated heterocycles. The zero-order chi connectivity index (χ0) is 11.2. The number of thiocarbonyl (C=S) groups is 1.